The van der Waals surface area contributed by atoms with Crippen LogP contribution in [0.4, 0.5) is 0 Å². The van der Waals surface area contributed by atoms with Crippen molar-refractivity contribution in [3.8, 4) is 6.07 Å². The number of aromatic nitrogens is 2. The van der Waals surface area contributed by atoms with Gasteiger partial charge >= 0.3 is 0 Å². The van der Waals surface area contributed by atoms with Gasteiger partial charge in [-0.2, -0.15) is 5.26 Å². The van der Waals surface area contributed by atoms with E-state index in [9.17, 15) is 4.79 Å². The molecule has 0 spiro atoms. The second kappa shape index (κ2) is 11.1. The number of carbonyl (C=O) groups is 1. The number of benzene rings is 3. The summed E-state index contributed by atoms with van der Waals surface area (Å²) in [5.74, 6) is 0.985. The van der Waals surface area contributed by atoms with Crippen molar-refractivity contribution in [2.24, 2.45) is 11.7 Å². The van der Waals surface area contributed by atoms with Crippen LogP contribution in [-0.4, -0.2) is 10.5 Å². The average Bonchev–Trinajstić information content (AvgIpc) is 3.53. The molecule has 0 saturated heterocycles. The number of nitrogens with zero attached hydrogens (tertiary/aromatic N) is 3. The van der Waals surface area contributed by atoms with Gasteiger partial charge in [-0.1, -0.05) is 72.8 Å². The van der Waals surface area contributed by atoms with Crippen LogP contribution >= 0.6 is 0 Å². The third kappa shape index (κ3) is 4.84. The number of nitriles is 1. The van der Waals surface area contributed by atoms with E-state index in [-0.39, 0.29) is 28.8 Å². The maximum absolute atomic E-state index is 13.4. The molecule has 0 radical (unpaired) electrons. The third-order valence-corrected chi connectivity index (χ3v) is 7.89. The Kier molecular flexibility index (Phi) is 7.94. The number of hydrogen-bond acceptors (Lipinski definition) is 2. The smallest absolute Gasteiger partial charge is 0.253 e. The van der Waals surface area contributed by atoms with Crippen LogP contribution in [0, 0.1) is 24.2 Å². The summed E-state index contributed by atoms with van der Waals surface area (Å²) in [5, 5.41) is 9.06. The first-order chi connectivity index (χ1) is 17.5. The lowest BCUT2D eigenvalue weighted by atomic mass is 9.64. The molecule has 188 valence electrons. The maximum atomic E-state index is 13.4. The number of amides is 1. The number of nitrogens with two attached hydrogens (primary N) is 1. The number of hydrogen-bond donors (Lipinski definition) is 1. The van der Waals surface area contributed by atoms with Crippen molar-refractivity contribution in [1.29, 1.82) is 5.26 Å². The summed E-state index contributed by atoms with van der Waals surface area (Å²) in [6.45, 7) is 2.90. The number of rotatable bonds is 7. The Labute approximate surface area is 229 Å². The molecule has 6 heteroatoms. The van der Waals surface area contributed by atoms with Crippen LogP contribution in [0.1, 0.15) is 53.4 Å². The zero-order valence-corrected chi connectivity index (χ0v) is 22.5. The van der Waals surface area contributed by atoms with Crippen molar-refractivity contribution in [3.63, 3.8) is 0 Å². The molecule has 1 aliphatic carbocycles. The van der Waals surface area contributed by atoms with E-state index in [4.69, 9.17) is 11.0 Å². The number of imidazole rings is 1. The van der Waals surface area contributed by atoms with Crippen molar-refractivity contribution >= 4 is 5.91 Å². The highest BCUT2D eigenvalue weighted by molar-refractivity contribution is 5.91. The van der Waals surface area contributed by atoms with Gasteiger partial charge in [0, 0.05) is 6.92 Å². The molecule has 0 aliphatic heterocycles. The molecule has 37 heavy (non-hydrogen) atoms. The van der Waals surface area contributed by atoms with E-state index in [1.54, 1.807) is 0 Å². The Hall–Kier alpha value is -3.69. The van der Waals surface area contributed by atoms with E-state index in [0.29, 0.717) is 11.6 Å². The largest absolute Gasteiger partial charge is 1.00 e. The molecule has 2 atom stereocenters. The summed E-state index contributed by atoms with van der Waals surface area (Å²) in [5.41, 5.74) is 9.17. The molecule has 4 aromatic rings. The van der Waals surface area contributed by atoms with E-state index >= 15 is 0 Å². The normalized spacial score (nSPS) is 17.1. The Morgan fingerprint density at radius 3 is 2.14 bits per heavy atom. The molecular formula is C31H31BrN4O. The molecule has 1 aromatic heterocycles. The Balaban J connectivity index is 0.00000320. The van der Waals surface area contributed by atoms with E-state index in [0.717, 1.165) is 42.5 Å². The summed E-state index contributed by atoms with van der Waals surface area (Å²) in [4.78, 5) is 13.4. The third-order valence-electron chi connectivity index (χ3n) is 7.89. The maximum Gasteiger partial charge on any atom is 0.253 e. The highest BCUT2D eigenvalue weighted by Crippen LogP contribution is 2.49. The zero-order chi connectivity index (χ0) is 25.1. The number of primary amides is 1. The van der Waals surface area contributed by atoms with Gasteiger partial charge in [0.25, 0.3) is 5.82 Å². The van der Waals surface area contributed by atoms with E-state index in [1.807, 2.05) is 84.9 Å². The SMILES string of the molecule is Cc1n([C@@H]2CC[C@H](C(C(N)=O)(c3ccccc3)c3ccccc3)C2)cc[n+]1Cc1ccc(C#N)cc1.[Br-]. The topological polar surface area (TPSA) is 75.7 Å². The molecule has 1 fully saturated rings. The summed E-state index contributed by atoms with van der Waals surface area (Å²) < 4.78 is 4.59. The van der Waals surface area contributed by atoms with Gasteiger partial charge in [-0.15, -0.1) is 0 Å². The fourth-order valence-electron chi connectivity index (χ4n) is 6.08. The molecule has 3 aromatic carbocycles. The molecule has 1 amide bonds. The van der Waals surface area contributed by atoms with E-state index in [2.05, 4.69) is 34.5 Å². The van der Waals surface area contributed by atoms with Gasteiger partial charge in [-0.3, -0.25) is 4.79 Å². The Morgan fingerprint density at radius 1 is 1.00 bits per heavy atom. The lowest BCUT2D eigenvalue weighted by Crippen LogP contribution is -3.00. The van der Waals surface area contributed by atoms with Gasteiger partial charge in [0.1, 0.15) is 30.4 Å². The van der Waals surface area contributed by atoms with Crippen molar-refractivity contribution < 1.29 is 26.3 Å². The molecule has 5 nitrogen and oxygen atoms in total. The van der Waals surface area contributed by atoms with Gasteiger partial charge in [0.05, 0.1) is 11.6 Å². The quantitative estimate of drug-likeness (QED) is 0.354. The molecule has 0 bridgehead atoms. The standard InChI is InChI=1S/C31H30N4O.BrH/c1-23-34(22-25-14-12-24(21-32)13-15-25)18-19-35(23)29-17-16-28(20-29)31(30(33)36,26-8-4-2-5-9-26)27-10-6-3-7-11-27;/h2-15,18-19,28-29H,16-17,20,22H2,1H3,(H-,33,36);1H/t28-,29+;/m0./s1. The monoisotopic (exact) mass is 554 g/mol. The van der Waals surface area contributed by atoms with Crippen molar-refractivity contribution in [3.05, 3.63) is 125 Å². The Morgan fingerprint density at radius 2 is 1.59 bits per heavy atom. The van der Waals surface area contributed by atoms with Crippen LogP contribution in [0.25, 0.3) is 0 Å². The number of halogens is 1. The minimum absolute atomic E-state index is 0. The van der Waals surface area contributed by atoms with Crippen molar-refractivity contribution in [1.82, 2.24) is 4.57 Å². The van der Waals surface area contributed by atoms with Gasteiger partial charge in [-0.05, 0) is 54.0 Å². The van der Waals surface area contributed by atoms with E-state index < -0.39 is 5.41 Å². The van der Waals surface area contributed by atoms with Crippen LogP contribution in [-0.2, 0) is 16.8 Å². The van der Waals surface area contributed by atoms with Crippen molar-refractivity contribution in [2.75, 3.05) is 0 Å². The van der Waals surface area contributed by atoms with Crippen LogP contribution in [0.2, 0.25) is 0 Å². The van der Waals surface area contributed by atoms with Crippen LogP contribution in [0.3, 0.4) is 0 Å². The molecule has 1 aliphatic rings. The molecule has 0 unspecified atom stereocenters. The minimum Gasteiger partial charge on any atom is -1.00 e. The minimum atomic E-state index is -0.864. The fraction of sp³-hybridized carbons (Fsp3) is 0.258. The summed E-state index contributed by atoms with van der Waals surface area (Å²) in [6, 6.07) is 30.3. The van der Waals surface area contributed by atoms with Gasteiger partial charge in [0.15, 0.2) is 0 Å². The van der Waals surface area contributed by atoms with Gasteiger partial charge in [0.2, 0.25) is 5.91 Å². The molecule has 1 heterocycles. The van der Waals surface area contributed by atoms with Crippen LogP contribution < -0.4 is 27.3 Å². The summed E-state index contributed by atoms with van der Waals surface area (Å²) in [6.07, 6.45) is 7.06. The van der Waals surface area contributed by atoms with E-state index in [1.165, 1.54) is 5.82 Å². The average molecular weight is 556 g/mol. The zero-order valence-electron chi connectivity index (χ0n) is 20.9. The molecule has 5 rings (SSSR count). The summed E-state index contributed by atoms with van der Waals surface area (Å²) in [7, 11) is 0. The first-order valence-corrected chi connectivity index (χ1v) is 12.5. The predicted octanol–water partition coefficient (Wildman–Crippen LogP) is 1.82. The predicted molar refractivity (Wildman–Crippen MR) is 139 cm³/mol. The van der Waals surface area contributed by atoms with Gasteiger partial charge in [-0.25, -0.2) is 9.13 Å². The fourth-order valence-corrected chi connectivity index (χ4v) is 6.08. The second-order valence-electron chi connectivity index (χ2n) is 9.76. The lowest BCUT2D eigenvalue weighted by molar-refractivity contribution is -0.694. The second-order valence-corrected chi connectivity index (χ2v) is 9.76. The van der Waals surface area contributed by atoms with Crippen LogP contribution in [0.5, 0.6) is 0 Å². The number of carbonyl (C=O) groups excluding carboxylic acids is 1. The highest BCUT2D eigenvalue weighted by atomic mass is 79.9. The molecular weight excluding hydrogens is 524 g/mol. The van der Waals surface area contributed by atoms with Crippen LogP contribution in [0.15, 0.2) is 97.3 Å². The van der Waals surface area contributed by atoms with Gasteiger partial charge < -0.3 is 22.7 Å². The Bertz CT molecular complexity index is 1350. The first kappa shape index (κ1) is 26.4. The van der Waals surface area contributed by atoms with Crippen molar-refractivity contribution in [2.45, 2.75) is 44.2 Å². The lowest BCUT2D eigenvalue weighted by Gasteiger charge is -2.37. The highest BCUT2D eigenvalue weighted by Gasteiger charge is 2.51. The molecule has 1 saturated carbocycles. The first-order valence-electron chi connectivity index (χ1n) is 12.5. The molecule has 2 N–H and O–H groups in total. The summed E-state index contributed by atoms with van der Waals surface area (Å²) >= 11 is 0.